The van der Waals surface area contributed by atoms with E-state index in [-0.39, 0.29) is 24.9 Å². The van der Waals surface area contributed by atoms with Crippen LogP contribution in [0, 0.1) is 12.3 Å². The number of esters is 1. The lowest BCUT2D eigenvalue weighted by Crippen LogP contribution is -2.25. The largest absolute Gasteiger partial charge is 0.493 e. The fraction of sp³-hybridized carbons (Fsp3) is 0.273. The molecule has 0 aliphatic carbocycles. The van der Waals surface area contributed by atoms with E-state index < -0.39 is 5.97 Å². The van der Waals surface area contributed by atoms with Crippen LogP contribution in [0.15, 0.2) is 42.5 Å². The van der Waals surface area contributed by atoms with E-state index in [1.165, 1.54) is 20.3 Å². The molecule has 0 bridgehead atoms. The van der Waals surface area contributed by atoms with Crippen LogP contribution in [0.3, 0.4) is 0 Å². The third kappa shape index (κ3) is 6.78. The lowest BCUT2D eigenvalue weighted by Gasteiger charge is -2.12. The number of hydrogen-bond acceptors (Lipinski definition) is 6. The van der Waals surface area contributed by atoms with Crippen molar-refractivity contribution >= 4 is 11.9 Å². The van der Waals surface area contributed by atoms with Gasteiger partial charge in [-0.05, 0) is 42.3 Å². The van der Waals surface area contributed by atoms with Crippen LogP contribution in [0.4, 0.5) is 0 Å². The maximum atomic E-state index is 12.4. The molecule has 0 atom stereocenters. The minimum absolute atomic E-state index is 0.225. The van der Waals surface area contributed by atoms with Gasteiger partial charge in [0, 0.05) is 12.1 Å². The summed E-state index contributed by atoms with van der Waals surface area (Å²) in [5.41, 5.74) is 1.44. The SMILES string of the molecule is C#CCOc1ccc(CCNC(=O)c2ccc(OC)c(OCC(=O)OC)c2)cc1. The first-order chi connectivity index (χ1) is 14.1. The molecule has 2 aromatic rings. The second kappa shape index (κ2) is 11.2. The van der Waals surface area contributed by atoms with Gasteiger partial charge in [-0.3, -0.25) is 4.79 Å². The summed E-state index contributed by atoms with van der Waals surface area (Å²) in [5.74, 6) is 3.02. The molecule has 0 unspecified atom stereocenters. The predicted molar refractivity (Wildman–Crippen MR) is 107 cm³/mol. The van der Waals surface area contributed by atoms with Crippen LogP contribution in [0.2, 0.25) is 0 Å². The molecule has 152 valence electrons. The van der Waals surface area contributed by atoms with Crippen LogP contribution in [-0.2, 0) is 16.0 Å². The van der Waals surface area contributed by atoms with Crippen LogP contribution in [0.1, 0.15) is 15.9 Å². The molecule has 29 heavy (non-hydrogen) atoms. The normalized spacial score (nSPS) is 9.83. The zero-order chi connectivity index (χ0) is 21.1. The monoisotopic (exact) mass is 397 g/mol. The zero-order valence-electron chi connectivity index (χ0n) is 16.4. The quantitative estimate of drug-likeness (QED) is 0.489. The molecule has 0 aliphatic rings. The minimum Gasteiger partial charge on any atom is -0.493 e. The highest BCUT2D eigenvalue weighted by atomic mass is 16.6. The molecule has 2 rings (SSSR count). The first kappa shape index (κ1) is 21.6. The van der Waals surface area contributed by atoms with Gasteiger partial charge < -0.3 is 24.3 Å². The summed E-state index contributed by atoms with van der Waals surface area (Å²) in [4.78, 5) is 23.7. The van der Waals surface area contributed by atoms with Crippen molar-refractivity contribution in [1.29, 1.82) is 0 Å². The molecular formula is C22H23NO6. The summed E-state index contributed by atoms with van der Waals surface area (Å²) in [7, 11) is 2.74. The molecule has 0 radical (unpaired) electrons. The Hall–Kier alpha value is -3.66. The lowest BCUT2D eigenvalue weighted by atomic mass is 10.1. The smallest absolute Gasteiger partial charge is 0.343 e. The van der Waals surface area contributed by atoms with E-state index in [1.54, 1.807) is 12.1 Å². The Labute approximate surface area is 169 Å². The van der Waals surface area contributed by atoms with E-state index in [2.05, 4.69) is 16.0 Å². The summed E-state index contributed by atoms with van der Waals surface area (Å²) in [6, 6.07) is 12.3. The Balaban J connectivity index is 1.91. The van der Waals surface area contributed by atoms with E-state index >= 15 is 0 Å². The Bertz CT molecular complexity index is 870. The van der Waals surface area contributed by atoms with Gasteiger partial charge in [-0.2, -0.15) is 0 Å². The molecule has 0 aliphatic heterocycles. The van der Waals surface area contributed by atoms with Gasteiger partial charge in [-0.15, -0.1) is 6.42 Å². The molecule has 0 saturated heterocycles. The first-order valence-electron chi connectivity index (χ1n) is 8.88. The molecule has 0 saturated carbocycles. The van der Waals surface area contributed by atoms with E-state index in [0.29, 0.717) is 30.0 Å². The van der Waals surface area contributed by atoms with Crippen LogP contribution >= 0.6 is 0 Å². The maximum absolute atomic E-state index is 12.4. The molecule has 2 aromatic carbocycles. The Morgan fingerprint density at radius 3 is 2.45 bits per heavy atom. The number of terminal acetylenes is 1. The minimum atomic E-state index is -0.530. The summed E-state index contributed by atoms with van der Waals surface area (Å²) >= 11 is 0. The molecule has 1 amide bonds. The number of amides is 1. The van der Waals surface area contributed by atoms with Gasteiger partial charge in [0.15, 0.2) is 18.1 Å². The van der Waals surface area contributed by atoms with Crippen molar-refractivity contribution in [3.05, 3.63) is 53.6 Å². The average Bonchev–Trinajstić information content (AvgIpc) is 2.76. The van der Waals surface area contributed by atoms with Crippen molar-refractivity contribution < 1.29 is 28.5 Å². The van der Waals surface area contributed by atoms with Crippen LogP contribution < -0.4 is 19.5 Å². The van der Waals surface area contributed by atoms with Gasteiger partial charge in [0.2, 0.25) is 0 Å². The fourth-order valence-corrected chi connectivity index (χ4v) is 2.43. The topological polar surface area (TPSA) is 83.1 Å². The van der Waals surface area contributed by atoms with Crippen molar-refractivity contribution in [3.8, 4) is 29.6 Å². The van der Waals surface area contributed by atoms with E-state index in [4.69, 9.17) is 20.6 Å². The molecule has 7 nitrogen and oxygen atoms in total. The van der Waals surface area contributed by atoms with Crippen LogP contribution in [-0.4, -0.2) is 45.9 Å². The van der Waals surface area contributed by atoms with Crippen molar-refractivity contribution in [2.45, 2.75) is 6.42 Å². The third-order valence-corrected chi connectivity index (χ3v) is 3.94. The van der Waals surface area contributed by atoms with E-state index in [9.17, 15) is 9.59 Å². The fourth-order valence-electron chi connectivity index (χ4n) is 2.43. The number of methoxy groups -OCH3 is 2. The average molecular weight is 397 g/mol. The third-order valence-electron chi connectivity index (χ3n) is 3.94. The van der Waals surface area contributed by atoms with Gasteiger partial charge in [-0.25, -0.2) is 4.79 Å². The molecule has 1 N–H and O–H groups in total. The van der Waals surface area contributed by atoms with Crippen molar-refractivity contribution in [1.82, 2.24) is 5.32 Å². The second-order valence-corrected chi connectivity index (χ2v) is 5.87. The highest BCUT2D eigenvalue weighted by Gasteiger charge is 2.12. The highest BCUT2D eigenvalue weighted by molar-refractivity contribution is 5.94. The van der Waals surface area contributed by atoms with Gasteiger partial charge in [-0.1, -0.05) is 18.1 Å². The van der Waals surface area contributed by atoms with Gasteiger partial charge in [0.05, 0.1) is 14.2 Å². The lowest BCUT2D eigenvalue weighted by molar-refractivity contribution is -0.142. The number of nitrogens with one attached hydrogen (secondary N) is 1. The number of carbonyl (C=O) groups is 2. The number of rotatable bonds is 10. The van der Waals surface area contributed by atoms with Gasteiger partial charge in [0.25, 0.3) is 5.91 Å². The zero-order valence-corrected chi connectivity index (χ0v) is 16.4. The summed E-state index contributed by atoms with van der Waals surface area (Å²) < 4.78 is 20.4. The summed E-state index contributed by atoms with van der Waals surface area (Å²) in [6.07, 6.45) is 5.82. The van der Waals surface area contributed by atoms with Crippen LogP contribution in [0.5, 0.6) is 17.2 Å². The maximum Gasteiger partial charge on any atom is 0.343 e. The van der Waals surface area contributed by atoms with E-state index in [0.717, 1.165) is 5.56 Å². The Kier molecular flexibility index (Phi) is 8.39. The van der Waals surface area contributed by atoms with Gasteiger partial charge in [0.1, 0.15) is 12.4 Å². The number of benzene rings is 2. The second-order valence-electron chi connectivity index (χ2n) is 5.87. The molecule has 0 aromatic heterocycles. The van der Waals surface area contributed by atoms with Crippen LogP contribution in [0.25, 0.3) is 0 Å². The van der Waals surface area contributed by atoms with Crippen molar-refractivity contribution in [2.24, 2.45) is 0 Å². The summed E-state index contributed by atoms with van der Waals surface area (Å²) in [5, 5.41) is 2.85. The van der Waals surface area contributed by atoms with Crippen molar-refractivity contribution in [3.63, 3.8) is 0 Å². The summed E-state index contributed by atoms with van der Waals surface area (Å²) in [6.45, 7) is 0.398. The standard InChI is InChI=1S/C22H23NO6/c1-4-13-28-18-8-5-16(6-9-18)11-12-23-22(25)17-7-10-19(26-2)20(14-17)29-15-21(24)27-3/h1,5-10,14H,11-13,15H2,2-3H3,(H,23,25). The molecular weight excluding hydrogens is 374 g/mol. The van der Waals surface area contributed by atoms with Gasteiger partial charge >= 0.3 is 5.97 Å². The molecule has 7 heteroatoms. The predicted octanol–water partition coefficient (Wildman–Crippen LogP) is 2.23. The highest BCUT2D eigenvalue weighted by Crippen LogP contribution is 2.28. The first-order valence-corrected chi connectivity index (χ1v) is 8.88. The van der Waals surface area contributed by atoms with Crippen molar-refractivity contribution in [2.75, 3.05) is 34.0 Å². The Morgan fingerprint density at radius 2 is 1.79 bits per heavy atom. The molecule has 0 heterocycles. The molecule has 0 spiro atoms. The molecule has 0 fully saturated rings. The number of ether oxygens (including phenoxy) is 4. The number of carbonyl (C=O) groups excluding carboxylic acids is 2. The van der Waals surface area contributed by atoms with E-state index in [1.807, 2.05) is 24.3 Å². The Morgan fingerprint density at radius 1 is 1.03 bits per heavy atom. The number of hydrogen-bond donors (Lipinski definition) is 1.